The summed E-state index contributed by atoms with van der Waals surface area (Å²) < 4.78 is 5.36. The van der Waals surface area contributed by atoms with Gasteiger partial charge in [0.25, 0.3) is 0 Å². The summed E-state index contributed by atoms with van der Waals surface area (Å²) in [5, 5.41) is 2.97. The monoisotopic (exact) mass is 315 g/mol. The molecule has 3 atom stereocenters. The predicted molar refractivity (Wildman–Crippen MR) is 89.5 cm³/mol. The van der Waals surface area contributed by atoms with Crippen LogP contribution in [-0.2, 0) is 9.53 Å². The normalized spacial score (nSPS) is 29.7. The van der Waals surface area contributed by atoms with Crippen LogP contribution in [0.3, 0.4) is 0 Å². The molecule has 1 amide bonds. The maximum Gasteiger partial charge on any atom is 0.225 e. The first kappa shape index (κ1) is 14.9. The molecule has 1 aromatic heterocycles. The van der Waals surface area contributed by atoms with E-state index in [1.807, 2.05) is 18.3 Å². The van der Waals surface area contributed by atoms with Gasteiger partial charge in [-0.1, -0.05) is 6.42 Å². The maximum absolute atomic E-state index is 12.3. The SMILES string of the molecule is O=C(CC1CC2CCC1C2)Nc1ccc(N2CCOCC2)cn1. The lowest BCUT2D eigenvalue weighted by Gasteiger charge is -2.28. The van der Waals surface area contributed by atoms with Gasteiger partial charge in [0, 0.05) is 19.5 Å². The van der Waals surface area contributed by atoms with E-state index in [2.05, 4.69) is 15.2 Å². The first-order chi connectivity index (χ1) is 11.3. The number of hydrogen-bond acceptors (Lipinski definition) is 4. The van der Waals surface area contributed by atoms with Gasteiger partial charge in [0.05, 0.1) is 25.1 Å². The summed E-state index contributed by atoms with van der Waals surface area (Å²) >= 11 is 0. The molecule has 23 heavy (non-hydrogen) atoms. The molecule has 0 aromatic carbocycles. The zero-order valence-electron chi connectivity index (χ0n) is 13.5. The molecule has 1 aliphatic heterocycles. The summed E-state index contributed by atoms with van der Waals surface area (Å²) in [7, 11) is 0. The number of anilines is 2. The predicted octanol–water partition coefficient (Wildman–Crippen LogP) is 2.68. The molecule has 124 valence electrons. The third-order valence-corrected chi connectivity index (χ3v) is 5.72. The van der Waals surface area contributed by atoms with Crippen molar-refractivity contribution in [1.82, 2.24) is 4.98 Å². The van der Waals surface area contributed by atoms with E-state index in [4.69, 9.17) is 4.74 Å². The molecule has 1 aromatic rings. The van der Waals surface area contributed by atoms with Crippen LogP contribution in [0.25, 0.3) is 0 Å². The number of carbonyl (C=O) groups excluding carboxylic acids is 1. The number of fused-ring (bicyclic) bond motifs is 2. The van der Waals surface area contributed by atoms with Gasteiger partial charge in [-0.25, -0.2) is 4.98 Å². The van der Waals surface area contributed by atoms with E-state index < -0.39 is 0 Å². The zero-order valence-corrected chi connectivity index (χ0v) is 13.5. The van der Waals surface area contributed by atoms with Gasteiger partial charge in [0.15, 0.2) is 0 Å². The molecule has 5 heteroatoms. The van der Waals surface area contributed by atoms with Crippen molar-refractivity contribution in [3.05, 3.63) is 18.3 Å². The third kappa shape index (κ3) is 3.34. The summed E-state index contributed by atoms with van der Waals surface area (Å²) in [6.45, 7) is 3.33. The number of carbonyl (C=O) groups is 1. The van der Waals surface area contributed by atoms with Gasteiger partial charge in [-0.15, -0.1) is 0 Å². The number of amides is 1. The van der Waals surface area contributed by atoms with Crippen LogP contribution in [0.15, 0.2) is 18.3 Å². The first-order valence-corrected chi connectivity index (χ1v) is 8.86. The summed E-state index contributed by atoms with van der Waals surface area (Å²) in [6, 6.07) is 3.94. The number of pyridine rings is 1. The fraction of sp³-hybridized carbons (Fsp3) is 0.667. The van der Waals surface area contributed by atoms with Gasteiger partial charge in [-0.3, -0.25) is 4.79 Å². The Bertz CT molecular complexity index is 554. The average Bonchev–Trinajstić information content (AvgIpc) is 3.19. The summed E-state index contributed by atoms with van der Waals surface area (Å²) in [4.78, 5) is 18.9. The highest BCUT2D eigenvalue weighted by Crippen LogP contribution is 2.49. The lowest BCUT2D eigenvalue weighted by Crippen LogP contribution is -2.36. The minimum atomic E-state index is 0.120. The minimum absolute atomic E-state index is 0.120. The molecule has 5 nitrogen and oxygen atoms in total. The van der Waals surface area contributed by atoms with E-state index in [1.165, 1.54) is 25.7 Å². The number of nitrogens with one attached hydrogen (secondary N) is 1. The standard InChI is InChI=1S/C18H25N3O2/c22-18(11-15-10-13-1-2-14(15)9-13)20-17-4-3-16(12-19-17)21-5-7-23-8-6-21/h3-4,12-15H,1-2,5-11H2,(H,19,20,22). The fourth-order valence-electron chi connectivity index (χ4n) is 4.53. The number of rotatable bonds is 4. The van der Waals surface area contributed by atoms with Gasteiger partial charge < -0.3 is 15.0 Å². The molecular formula is C18H25N3O2. The lowest BCUT2D eigenvalue weighted by molar-refractivity contribution is -0.117. The summed E-state index contributed by atoms with van der Waals surface area (Å²) in [6.07, 6.45) is 7.82. The molecule has 3 aliphatic rings. The van der Waals surface area contributed by atoms with Gasteiger partial charge >= 0.3 is 0 Å². The van der Waals surface area contributed by atoms with Crippen LogP contribution in [0.1, 0.15) is 32.1 Å². The van der Waals surface area contributed by atoms with Crippen LogP contribution < -0.4 is 10.2 Å². The van der Waals surface area contributed by atoms with Crippen molar-refractivity contribution < 1.29 is 9.53 Å². The second kappa shape index (κ2) is 6.48. The topological polar surface area (TPSA) is 54.5 Å². The second-order valence-electron chi connectivity index (χ2n) is 7.19. The van der Waals surface area contributed by atoms with Crippen LogP contribution in [0.4, 0.5) is 11.5 Å². The Morgan fingerprint density at radius 3 is 2.78 bits per heavy atom. The van der Waals surface area contributed by atoms with E-state index in [-0.39, 0.29) is 5.91 Å². The van der Waals surface area contributed by atoms with Crippen molar-refractivity contribution in [2.24, 2.45) is 17.8 Å². The molecular weight excluding hydrogens is 290 g/mol. The molecule has 1 N–H and O–H groups in total. The molecule has 0 spiro atoms. The van der Waals surface area contributed by atoms with Crippen LogP contribution in [0, 0.1) is 17.8 Å². The molecule has 0 radical (unpaired) electrons. The number of nitrogens with zero attached hydrogens (tertiary/aromatic N) is 2. The van der Waals surface area contributed by atoms with Crippen molar-refractivity contribution in [3.63, 3.8) is 0 Å². The smallest absolute Gasteiger partial charge is 0.225 e. The number of morpholine rings is 1. The van der Waals surface area contributed by atoms with Gasteiger partial charge in [-0.2, -0.15) is 0 Å². The number of ether oxygens (including phenoxy) is 1. The Labute approximate surface area is 137 Å². The molecule has 2 aliphatic carbocycles. The van der Waals surface area contributed by atoms with E-state index >= 15 is 0 Å². The van der Waals surface area contributed by atoms with Gasteiger partial charge in [-0.05, 0) is 49.1 Å². The summed E-state index contributed by atoms with van der Waals surface area (Å²) in [5.74, 6) is 3.07. The minimum Gasteiger partial charge on any atom is -0.378 e. The largest absolute Gasteiger partial charge is 0.378 e. The second-order valence-corrected chi connectivity index (χ2v) is 7.19. The van der Waals surface area contributed by atoms with Crippen molar-refractivity contribution in [2.45, 2.75) is 32.1 Å². The Morgan fingerprint density at radius 1 is 1.26 bits per heavy atom. The van der Waals surface area contributed by atoms with Crippen LogP contribution in [0.2, 0.25) is 0 Å². The van der Waals surface area contributed by atoms with E-state index in [9.17, 15) is 4.79 Å². The highest BCUT2D eigenvalue weighted by atomic mass is 16.5. The Hall–Kier alpha value is -1.62. The molecule has 4 rings (SSSR count). The highest BCUT2D eigenvalue weighted by Gasteiger charge is 2.40. The highest BCUT2D eigenvalue weighted by molar-refractivity contribution is 5.90. The van der Waals surface area contributed by atoms with Crippen molar-refractivity contribution >= 4 is 17.4 Å². The third-order valence-electron chi connectivity index (χ3n) is 5.72. The van der Waals surface area contributed by atoms with E-state index in [1.54, 1.807) is 0 Å². The Kier molecular flexibility index (Phi) is 4.21. The molecule has 3 unspecified atom stereocenters. The fourth-order valence-corrected chi connectivity index (χ4v) is 4.53. The molecule has 2 bridgehead atoms. The van der Waals surface area contributed by atoms with Crippen LogP contribution in [0.5, 0.6) is 0 Å². The average molecular weight is 315 g/mol. The molecule has 2 saturated carbocycles. The first-order valence-electron chi connectivity index (χ1n) is 8.86. The summed E-state index contributed by atoms with van der Waals surface area (Å²) in [5.41, 5.74) is 1.10. The molecule has 2 heterocycles. The quantitative estimate of drug-likeness (QED) is 0.928. The van der Waals surface area contributed by atoms with Crippen molar-refractivity contribution in [2.75, 3.05) is 36.5 Å². The van der Waals surface area contributed by atoms with Gasteiger partial charge in [0.1, 0.15) is 5.82 Å². The van der Waals surface area contributed by atoms with Crippen molar-refractivity contribution in [3.8, 4) is 0 Å². The molecule has 3 fully saturated rings. The lowest BCUT2D eigenvalue weighted by atomic mass is 9.86. The van der Waals surface area contributed by atoms with Crippen LogP contribution in [-0.4, -0.2) is 37.2 Å². The van der Waals surface area contributed by atoms with Gasteiger partial charge in [0.2, 0.25) is 5.91 Å². The molecule has 1 saturated heterocycles. The maximum atomic E-state index is 12.3. The van der Waals surface area contributed by atoms with E-state index in [0.29, 0.717) is 18.2 Å². The number of aromatic nitrogens is 1. The Balaban J connectivity index is 1.30. The van der Waals surface area contributed by atoms with E-state index in [0.717, 1.165) is 43.8 Å². The number of hydrogen-bond donors (Lipinski definition) is 1. The zero-order chi connectivity index (χ0) is 15.6. The van der Waals surface area contributed by atoms with Crippen molar-refractivity contribution in [1.29, 1.82) is 0 Å². The Morgan fingerprint density at radius 2 is 2.13 bits per heavy atom. The van der Waals surface area contributed by atoms with Crippen LogP contribution >= 0.6 is 0 Å².